The number of likely N-dealkylation sites (N-methyl/N-ethyl adjacent to an activating group) is 1. The normalized spacial score (nSPS) is 11.6. The van der Waals surface area contributed by atoms with Crippen LogP contribution in [-0.4, -0.2) is 47.0 Å². The maximum absolute atomic E-state index is 13.2. The lowest BCUT2D eigenvalue weighted by atomic mass is 10.2. The Morgan fingerprint density at radius 3 is 2.32 bits per heavy atom. The van der Waals surface area contributed by atoms with E-state index in [9.17, 15) is 24.0 Å². The standard InChI is InChI=1S/C27H39N5O6/c1-5-7-12-18-31(23-24(28)32(17-8-6-2)27(37)29-25(23)35)21(33)15-16-22(34)38-19(3)26(36)30(4)20-13-10-9-11-14-20/h9-11,13-14,19H,5-8,12,15-18,28H2,1-4H3,(H,29,35,37)/t19-/m0/s1. The number of ether oxygens (including phenoxy) is 1. The summed E-state index contributed by atoms with van der Waals surface area (Å²) >= 11 is 0. The van der Waals surface area contributed by atoms with E-state index in [-0.39, 0.29) is 30.9 Å². The molecular weight excluding hydrogens is 490 g/mol. The Morgan fingerprint density at radius 1 is 1.03 bits per heavy atom. The topological polar surface area (TPSA) is 148 Å². The van der Waals surface area contributed by atoms with Gasteiger partial charge in [0, 0.05) is 32.2 Å². The monoisotopic (exact) mass is 529 g/mol. The summed E-state index contributed by atoms with van der Waals surface area (Å²) in [5.74, 6) is -1.71. The van der Waals surface area contributed by atoms with E-state index in [1.165, 1.54) is 21.3 Å². The lowest BCUT2D eigenvalue weighted by Gasteiger charge is -2.25. The van der Waals surface area contributed by atoms with E-state index in [1.807, 2.05) is 19.9 Å². The average molecular weight is 530 g/mol. The zero-order valence-corrected chi connectivity index (χ0v) is 22.7. The molecular formula is C27H39N5O6. The fraction of sp³-hybridized carbons (Fsp3) is 0.519. The van der Waals surface area contributed by atoms with Crippen molar-refractivity contribution < 1.29 is 19.1 Å². The van der Waals surface area contributed by atoms with E-state index < -0.39 is 35.1 Å². The van der Waals surface area contributed by atoms with Crippen molar-refractivity contribution in [1.29, 1.82) is 0 Å². The number of nitrogens with zero attached hydrogens (tertiary/aromatic N) is 3. The number of carbonyl (C=O) groups excluding carboxylic acids is 3. The number of rotatable bonds is 14. The van der Waals surface area contributed by atoms with Gasteiger partial charge in [-0.15, -0.1) is 0 Å². The van der Waals surface area contributed by atoms with Gasteiger partial charge in [0.25, 0.3) is 11.5 Å². The highest BCUT2D eigenvalue weighted by Gasteiger charge is 2.26. The third kappa shape index (κ3) is 8.06. The first kappa shape index (κ1) is 30.3. The molecule has 0 bridgehead atoms. The third-order valence-electron chi connectivity index (χ3n) is 6.18. The van der Waals surface area contributed by atoms with Crippen LogP contribution in [0.4, 0.5) is 17.2 Å². The Hall–Kier alpha value is -3.89. The van der Waals surface area contributed by atoms with Gasteiger partial charge >= 0.3 is 11.7 Å². The van der Waals surface area contributed by atoms with E-state index >= 15 is 0 Å². The van der Waals surface area contributed by atoms with Gasteiger partial charge in [-0.3, -0.25) is 28.7 Å². The molecule has 1 aromatic carbocycles. The van der Waals surface area contributed by atoms with Crippen molar-refractivity contribution in [2.45, 2.75) is 78.4 Å². The van der Waals surface area contributed by atoms with Crippen molar-refractivity contribution in [2.24, 2.45) is 0 Å². The number of para-hydroxylation sites is 1. The van der Waals surface area contributed by atoms with Gasteiger partial charge in [0.2, 0.25) is 5.91 Å². The molecule has 1 aromatic heterocycles. The van der Waals surface area contributed by atoms with Gasteiger partial charge in [0.1, 0.15) is 5.82 Å². The molecule has 3 N–H and O–H groups in total. The molecule has 38 heavy (non-hydrogen) atoms. The summed E-state index contributed by atoms with van der Waals surface area (Å²) in [6.45, 7) is 5.95. The minimum absolute atomic E-state index is 0.0807. The Bertz CT molecular complexity index is 1210. The van der Waals surface area contributed by atoms with Crippen LogP contribution in [0.3, 0.4) is 0 Å². The minimum atomic E-state index is -1.05. The molecule has 0 aliphatic carbocycles. The van der Waals surface area contributed by atoms with Crippen LogP contribution in [-0.2, 0) is 25.7 Å². The Kier molecular flexibility index (Phi) is 11.8. The number of nitrogen functional groups attached to an aromatic ring is 1. The molecule has 1 atom stereocenters. The molecule has 0 aliphatic heterocycles. The van der Waals surface area contributed by atoms with Crippen molar-refractivity contribution in [3.63, 3.8) is 0 Å². The summed E-state index contributed by atoms with van der Waals surface area (Å²) in [5, 5.41) is 0. The van der Waals surface area contributed by atoms with E-state index in [2.05, 4.69) is 4.98 Å². The Labute approximate surface area is 222 Å². The lowest BCUT2D eigenvalue weighted by Crippen LogP contribution is -2.42. The van der Waals surface area contributed by atoms with Gasteiger partial charge in [-0.25, -0.2) is 4.79 Å². The van der Waals surface area contributed by atoms with E-state index in [0.717, 1.165) is 19.3 Å². The fourth-order valence-electron chi connectivity index (χ4n) is 3.96. The van der Waals surface area contributed by atoms with Gasteiger partial charge in [0.05, 0.1) is 6.42 Å². The van der Waals surface area contributed by atoms with Crippen molar-refractivity contribution >= 4 is 35.0 Å². The molecule has 0 fully saturated rings. The molecule has 2 rings (SSSR count). The van der Waals surface area contributed by atoms with Gasteiger partial charge < -0.3 is 20.3 Å². The summed E-state index contributed by atoms with van der Waals surface area (Å²) in [6, 6.07) is 8.94. The summed E-state index contributed by atoms with van der Waals surface area (Å²) in [6.07, 6.45) is 2.19. The summed E-state index contributed by atoms with van der Waals surface area (Å²) < 4.78 is 6.53. The summed E-state index contributed by atoms with van der Waals surface area (Å²) in [4.78, 5) is 68.3. The molecule has 2 amide bonds. The second-order valence-electron chi connectivity index (χ2n) is 9.12. The second kappa shape index (κ2) is 14.7. The number of esters is 1. The molecule has 1 heterocycles. The number of aromatic nitrogens is 2. The first-order valence-electron chi connectivity index (χ1n) is 13.1. The highest BCUT2D eigenvalue weighted by molar-refractivity contribution is 5.98. The van der Waals surface area contributed by atoms with Crippen LogP contribution in [0.15, 0.2) is 39.9 Å². The molecule has 0 spiro atoms. The number of hydrogen-bond acceptors (Lipinski definition) is 7. The lowest BCUT2D eigenvalue weighted by molar-refractivity contribution is -0.154. The van der Waals surface area contributed by atoms with Gasteiger partial charge in [-0.1, -0.05) is 51.3 Å². The zero-order valence-electron chi connectivity index (χ0n) is 22.7. The number of nitrogens with two attached hydrogens (primary N) is 1. The predicted molar refractivity (Wildman–Crippen MR) is 147 cm³/mol. The number of unbranched alkanes of at least 4 members (excludes halogenated alkanes) is 3. The quantitative estimate of drug-likeness (QED) is 0.282. The van der Waals surface area contributed by atoms with Crippen molar-refractivity contribution in [1.82, 2.24) is 9.55 Å². The highest BCUT2D eigenvalue weighted by atomic mass is 16.5. The molecule has 0 radical (unpaired) electrons. The molecule has 0 saturated heterocycles. The van der Waals surface area contributed by atoms with Crippen LogP contribution < -0.4 is 26.8 Å². The van der Waals surface area contributed by atoms with Crippen LogP contribution in [0.2, 0.25) is 0 Å². The number of nitrogens with one attached hydrogen (secondary N) is 1. The number of carbonyl (C=O) groups is 3. The van der Waals surface area contributed by atoms with Gasteiger partial charge in [0.15, 0.2) is 11.8 Å². The predicted octanol–water partition coefficient (Wildman–Crippen LogP) is 2.82. The Morgan fingerprint density at radius 2 is 1.68 bits per heavy atom. The first-order chi connectivity index (χ1) is 18.1. The van der Waals surface area contributed by atoms with Crippen LogP contribution in [0.5, 0.6) is 0 Å². The van der Waals surface area contributed by atoms with E-state index in [0.29, 0.717) is 25.1 Å². The second-order valence-corrected chi connectivity index (χ2v) is 9.12. The smallest absolute Gasteiger partial charge is 0.330 e. The van der Waals surface area contributed by atoms with E-state index in [1.54, 1.807) is 31.3 Å². The molecule has 0 aliphatic rings. The fourth-order valence-corrected chi connectivity index (χ4v) is 3.96. The van der Waals surface area contributed by atoms with E-state index in [4.69, 9.17) is 10.5 Å². The number of benzene rings is 1. The van der Waals surface area contributed by atoms with Crippen molar-refractivity contribution in [3.05, 3.63) is 51.2 Å². The molecule has 0 unspecified atom stereocenters. The highest BCUT2D eigenvalue weighted by Crippen LogP contribution is 2.20. The average Bonchev–Trinajstić information content (AvgIpc) is 2.90. The number of anilines is 3. The first-order valence-corrected chi connectivity index (χ1v) is 13.1. The third-order valence-corrected chi connectivity index (χ3v) is 6.18. The minimum Gasteiger partial charge on any atom is -0.453 e. The SMILES string of the molecule is CCCCCN(C(=O)CCC(=O)O[C@@H](C)C(=O)N(C)c1ccccc1)c1c(N)n(CCCC)c(=O)[nH]c1=O. The van der Waals surface area contributed by atoms with Crippen LogP contribution in [0, 0.1) is 0 Å². The number of hydrogen-bond donors (Lipinski definition) is 2. The molecule has 208 valence electrons. The van der Waals surface area contributed by atoms with Gasteiger partial charge in [-0.05, 0) is 31.9 Å². The van der Waals surface area contributed by atoms with Crippen LogP contribution >= 0.6 is 0 Å². The maximum Gasteiger partial charge on any atom is 0.330 e. The van der Waals surface area contributed by atoms with Crippen LogP contribution in [0.25, 0.3) is 0 Å². The zero-order chi connectivity index (χ0) is 28.2. The molecule has 11 heteroatoms. The van der Waals surface area contributed by atoms with Crippen molar-refractivity contribution in [3.8, 4) is 0 Å². The number of amides is 2. The Balaban J connectivity index is 2.14. The summed E-state index contributed by atoms with van der Waals surface area (Å²) in [5.41, 5.74) is 5.39. The van der Waals surface area contributed by atoms with Gasteiger partial charge in [-0.2, -0.15) is 0 Å². The molecule has 11 nitrogen and oxygen atoms in total. The molecule has 2 aromatic rings. The molecule has 0 saturated carbocycles. The number of H-pyrrole nitrogens is 1. The maximum atomic E-state index is 13.2. The summed E-state index contributed by atoms with van der Waals surface area (Å²) in [7, 11) is 1.58. The number of aromatic amines is 1. The largest absolute Gasteiger partial charge is 0.453 e. The van der Waals surface area contributed by atoms with Crippen molar-refractivity contribution in [2.75, 3.05) is 29.1 Å². The van der Waals surface area contributed by atoms with Crippen LogP contribution in [0.1, 0.15) is 65.7 Å².